The Morgan fingerprint density at radius 2 is 2.03 bits per heavy atom. The van der Waals surface area contributed by atoms with E-state index < -0.39 is 28.0 Å². The number of nitrogens with zero attached hydrogens (tertiary/aromatic N) is 3. The van der Waals surface area contributed by atoms with Gasteiger partial charge in [-0.3, -0.25) is 9.21 Å². The zero-order chi connectivity index (χ0) is 21.8. The van der Waals surface area contributed by atoms with Crippen molar-refractivity contribution in [3.8, 4) is 0 Å². The summed E-state index contributed by atoms with van der Waals surface area (Å²) in [5, 5.41) is 0. The summed E-state index contributed by atoms with van der Waals surface area (Å²) in [5.41, 5.74) is 1.87. The highest BCUT2D eigenvalue weighted by atomic mass is 32.2. The Balaban J connectivity index is 1.34. The fourth-order valence-electron chi connectivity index (χ4n) is 4.42. The Kier molecular flexibility index (Phi) is 4.98. The number of ether oxygens (including phenoxy) is 1. The summed E-state index contributed by atoms with van der Waals surface area (Å²) in [7, 11) is -3.71. The molecule has 0 bridgehead atoms. The minimum atomic E-state index is -3.71. The van der Waals surface area contributed by atoms with Gasteiger partial charge in [0, 0.05) is 37.1 Å². The maximum absolute atomic E-state index is 13.6. The van der Waals surface area contributed by atoms with Crippen LogP contribution >= 0.6 is 12.1 Å². The molecule has 4 heterocycles. The Morgan fingerprint density at radius 1 is 1.26 bits per heavy atom. The number of fused-ring (bicyclic) bond motifs is 2. The molecule has 1 atom stereocenters. The van der Waals surface area contributed by atoms with Gasteiger partial charge in [-0.25, -0.2) is 17.6 Å². The van der Waals surface area contributed by atoms with Crippen LogP contribution < -0.4 is 4.72 Å². The number of carbonyl (C=O) groups is 1. The second-order valence-corrected chi connectivity index (χ2v) is 10.5. The van der Waals surface area contributed by atoms with Gasteiger partial charge in [0.2, 0.25) is 10.0 Å². The van der Waals surface area contributed by atoms with E-state index in [2.05, 4.69) is 4.72 Å². The lowest BCUT2D eigenvalue weighted by molar-refractivity contribution is 0.0807. The number of hydrogen-bond acceptors (Lipinski definition) is 7. The third kappa shape index (κ3) is 3.40. The van der Waals surface area contributed by atoms with Crippen LogP contribution in [0, 0.1) is 0 Å². The summed E-state index contributed by atoms with van der Waals surface area (Å²) in [6, 6.07) is -0.602. The van der Waals surface area contributed by atoms with Crippen molar-refractivity contribution < 1.29 is 22.3 Å². The Labute approximate surface area is 184 Å². The Morgan fingerprint density at radius 3 is 2.81 bits per heavy atom. The number of sulfonamides is 1. The van der Waals surface area contributed by atoms with Crippen molar-refractivity contribution >= 4 is 28.3 Å². The van der Waals surface area contributed by atoms with Crippen LogP contribution in [-0.2, 0) is 14.8 Å². The van der Waals surface area contributed by atoms with Crippen molar-refractivity contribution in [3.05, 3.63) is 70.5 Å². The lowest BCUT2D eigenvalue weighted by Gasteiger charge is -2.43. The molecular formula is C20H21FN4O4S2. The second-order valence-electron chi connectivity index (χ2n) is 7.77. The average Bonchev–Trinajstić information content (AvgIpc) is 3.22. The van der Waals surface area contributed by atoms with Gasteiger partial charge in [-0.2, -0.15) is 4.31 Å². The van der Waals surface area contributed by atoms with Gasteiger partial charge >= 0.3 is 6.09 Å². The smallest absolute Gasteiger partial charge is 0.415 e. The van der Waals surface area contributed by atoms with Crippen LogP contribution in [-0.4, -0.2) is 53.2 Å². The summed E-state index contributed by atoms with van der Waals surface area (Å²) >= 11 is 1.31. The van der Waals surface area contributed by atoms with Crippen LogP contribution in [0.2, 0.25) is 0 Å². The molecule has 5 aliphatic rings. The number of amides is 1. The molecule has 31 heavy (non-hydrogen) atoms. The molecule has 11 heteroatoms. The normalized spacial score (nSPS) is 26.7. The average molecular weight is 465 g/mol. The fraction of sp³-hybridized carbons (Fsp3) is 0.350. The molecule has 0 aromatic rings. The van der Waals surface area contributed by atoms with E-state index in [4.69, 9.17) is 4.74 Å². The number of cyclic esters (lactones) is 1. The van der Waals surface area contributed by atoms with Crippen LogP contribution in [0.15, 0.2) is 70.5 Å². The van der Waals surface area contributed by atoms with Crippen LogP contribution in [0.25, 0.3) is 0 Å². The summed E-state index contributed by atoms with van der Waals surface area (Å²) in [6.07, 6.45) is 11.4. The van der Waals surface area contributed by atoms with E-state index in [9.17, 15) is 17.6 Å². The van der Waals surface area contributed by atoms with E-state index >= 15 is 0 Å². The third-order valence-corrected chi connectivity index (χ3v) is 8.77. The molecule has 5 rings (SSSR count). The maximum Gasteiger partial charge on any atom is 0.415 e. The number of carbonyl (C=O) groups excluding carboxylic acids is 1. The largest absolute Gasteiger partial charge is 0.418 e. The predicted octanol–water partition coefficient (Wildman–Crippen LogP) is 3.02. The van der Waals surface area contributed by atoms with Crippen LogP contribution in [0.5, 0.6) is 0 Å². The molecule has 0 aromatic carbocycles. The highest BCUT2D eigenvalue weighted by Crippen LogP contribution is 2.38. The van der Waals surface area contributed by atoms with Gasteiger partial charge in [0.05, 0.1) is 23.9 Å². The summed E-state index contributed by atoms with van der Waals surface area (Å²) < 4.78 is 51.9. The first-order chi connectivity index (χ1) is 14.9. The molecule has 0 saturated carbocycles. The monoisotopic (exact) mass is 464 g/mol. The van der Waals surface area contributed by atoms with Crippen molar-refractivity contribution in [3.63, 3.8) is 0 Å². The Bertz CT molecular complexity index is 1110. The number of nitrogens with one attached hydrogen (secondary N) is 1. The van der Waals surface area contributed by atoms with Crippen LogP contribution in [0.4, 0.5) is 9.18 Å². The van der Waals surface area contributed by atoms with E-state index in [0.29, 0.717) is 34.6 Å². The summed E-state index contributed by atoms with van der Waals surface area (Å²) in [4.78, 5) is 14.4. The van der Waals surface area contributed by atoms with E-state index in [1.54, 1.807) is 34.5 Å². The standard InChI is InChI=1S/C20H21FN4O4S2/c1-13-4-9-24-18(11-22-30-24)19(13)31(27,28)23-7-5-16(6-8-23)25-17-3-2-15(21)10-14(17)12-29-20(25)26/h2-4,9-12,16-17,22H,5-8H2,1H3. The maximum atomic E-state index is 13.6. The number of hydrogen-bond donors (Lipinski definition) is 1. The van der Waals surface area contributed by atoms with Gasteiger partial charge in [-0.1, -0.05) is 6.08 Å². The highest BCUT2D eigenvalue weighted by molar-refractivity contribution is 7.96. The first-order valence-electron chi connectivity index (χ1n) is 9.92. The number of rotatable bonds is 3. The number of halogens is 1. The van der Waals surface area contributed by atoms with Crippen LogP contribution in [0.1, 0.15) is 19.8 Å². The van der Waals surface area contributed by atoms with Gasteiger partial charge < -0.3 is 9.46 Å². The predicted molar refractivity (Wildman–Crippen MR) is 115 cm³/mol. The lowest BCUT2D eigenvalue weighted by atomic mass is 9.96. The second kappa shape index (κ2) is 7.57. The molecule has 1 saturated heterocycles. The third-order valence-electron chi connectivity index (χ3n) is 5.94. The first-order valence-corrected chi connectivity index (χ1v) is 12.1. The summed E-state index contributed by atoms with van der Waals surface area (Å²) in [5.74, 6) is -0.394. The zero-order valence-corrected chi connectivity index (χ0v) is 18.3. The molecule has 1 N–H and O–H groups in total. The molecule has 1 unspecified atom stereocenters. The molecule has 8 nitrogen and oxygen atoms in total. The van der Waals surface area contributed by atoms with E-state index in [0.717, 1.165) is 0 Å². The topological polar surface area (TPSA) is 82.2 Å². The van der Waals surface area contributed by atoms with Crippen LogP contribution in [0.3, 0.4) is 0 Å². The molecule has 1 fully saturated rings. The van der Waals surface area contributed by atoms with Crippen molar-refractivity contribution in [2.75, 3.05) is 13.1 Å². The molecule has 1 amide bonds. The zero-order valence-electron chi connectivity index (χ0n) is 16.7. The lowest BCUT2D eigenvalue weighted by Crippen LogP contribution is -2.54. The number of piperidine rings is 1. The highest BCUT2D eigenvalue weighted by Gasteiger charge is 2.42. The van der Waals surface area contributed by atoms with E-state index in [-0.39, 0.29) is 19.1 Å². The molecule has 0 aromatic heterocycles. The van der Waals surface area contributed by atoms with Crippen molar-refractivity contribution in [1.82, 2.24) is 18.2 Å². The quantitative estimate of drug-likeness (QED) is 0.643. The van der Waals surface area contributed by atoms with Crippen molar-refractivity contribution in [1.29, 1.82) is 0 Å². The minimum absolute atomic E-state index is 0.201. The summed E-state index contributed by atoms with van der Waals surface area (Å²) in [6.45, 7) is 2.35. The molecule has 4 aliphatic heterocycles. The molecule has 0 radical (unpaired) electrons. The molecule has 1 aliphatic carbocycles. The van der Waals surface area contributed by atoms with Gasteiger partial charge in [0.25, 0.3) is 0 Å². The van der Waals surface area contributed by atoms with Gasteiger partial charge in [-0.15, -0.1) is 0 Å². The molecular weight excluding hydrogens is 443 g/mol. The van der Waals surface area contributed by atoms with Gasteiger partial charge in [0.15, 0.2) is 0 Å². The van der Waals surface area contributed by atoms with E-state index in [1.807, 2.05) is 6.20 Å². The van der Waals surface area contributed by atoms with Gasteiger partial charge in [0.1, 0.15) is 17.0 Å². The first kappa shape index (κ1) is 20.4. The van der Waals surface area contributed by atoms with Crippen molar-refractivity contribution in [2.45, 2.75) is 31.8 Å². The van der Waals surface area contributed by atoms with Gasteiger partial charge in [-0.05, 0) is 43.6 Å². The van der Waals surface area contributed by atoms with Crippen molar-refractivity contribution in [2.24, 2.45) is 0 Å². The van der Waals surface area contributed by atoms with E-state index in [1.165, 1.54) is 34.9 Å². The number of allylic oxidation sites excluding steroid dienone is 4. The minimum Gasteiger partial charge on any atom is -0.418 e. The fourth-order valence-corrected chi connectivity index (χ4v) is 6.97. The molecule has 164 valence electrons. The SMILES string of the molecule is CC1=C(S(=O)(=O)N2CCC(N3C(=O)OC=C4C=C(F)C=CC43)CC2)C2=CNSN2C=C1. The Hall–Kier alpha value is -2.50. The molecule has 0 spiro atoms.